The molecule has 180 valence electrons. The summed E-state index contributed by atoms with van der Waals surface area (Å²) in [7, 11) is 0. The van der Waals surface area contributed by atoms with Gasteiger partial charge in [-0.2, -0.15) is 0 Å². The monoisotopic (exact) mass is 441 g/mol. The van der Waals surface area contributed by atoms with Crippen LogP contribution in [0.4, 0.5) is 5.69 Å². The number of nitrogens with two attached hydrogens (primary N) is 1. The number of hydrogen-bond donors (Lipinski definition) is 1. The van der Waals surface area contributed by atoms with Gasteiger partial charge in [0.15, 0.2) is 0 Å². The average Bonchev–Trinajstić information content (AvgIpc) is 2.73. The van der Waals surface area contributed by atoms with E-state index in [-0.39, 0.29) is 6.04 Å². The van der Waals surface area contributed by atoms with Crippen LogP contribution in [-0.4, -0.2) is 49.4 Å². The lowest BCUT2D eigenvalue weighted by Gasteiger charge is -2.40. The molecule has 2 N–H and O–H groups in total. The van der Waals surface area contributed by atoms with Crippen LogP contribution in [0.5, 0.6) is 0 Å². The van der Waals surface area contributed by atoms with Gasteiger partial charge < -0.3 is 20.3 Å². The fraction of sp³-hybridized carbons (Fsp3) is 0.679. The Morgan fingerprint density at radius 1 is 1.19 bits per heavy atom. The van der Waals surface area contributed by atoms with Gasteiger partial charge in [-0.15, -0.1) is 0 Å². The summed E-state index contributed by atoms with van der Waals surface area (Å²) in [6.45, 7) is 17.7. The van der Waals surface area contributed by atoms with E-state index in [1.54, 1.807) is 0 Å². The molecule has 0 saturated carbocycles. The van der Waals surface area contributed by atoms with Crippen LogP contribution in [0.1, 0.15) is 72.8 Å². The Morgan fingerprint density at radius 2 is 1.81 bits per heavy atom. The van der Waals surface area contributed by atoms with Crippen LogP contribution in [0.3, 0.4) is 0 Å². The maximum Gasteiger partial charge on any atom is 0.136 e. The normalized spacial score (nSPS) is 17.6. The quantitative estimate of drug-likeness (QED) is 0.366. The summed E-state index contributed by atoms with van der Waals surface area (Å²) in [4.78, 5) is 16.0. The number of benzene rings is 1. The van der Waals surface area contributed by atoms with Gasteiger partial charge in [0.1, 0.15) is 6.29 Å². The largest absolute Gasteiger partial charge is 0.365 e. The molecule has 2 rings (SSSR count). The molecular formula is C28H47N3O. The van der Waals surface area contributed by atoms with Gasteiger partial charge in [0, 0.05) is 37.9 Å². The Morgan fingerprint density at radius 3 is 2.34 bits per heavy atom. The van der Waals surface area contributed by atoms with E-state index in [2.05, 4.69) is 81.7 Å². The minimum absolute atomic E-state index is 0.325. The Balaban J connectivity index is 1.99. The molecule has 0 aromatic heterocycles. The molecule has 4 nitrogen and oxygen atoms in total. The van der Waals surface area contributed by atoms with Gasteiger partial charge in [0.2, 0.25) is 0 Å². The minimum atomic E-state index is -0.325. The van der Waals surface area contributed by atoms with E-state index in [0.717, 1.165) is 45.3 Å². The van der Waals surface area contributed by atoms with Crippen molar-refractivity contribution in [3.63, 3.8) is 0 Å². The molecule has 32 heavy (non-hydrogen) atoms. The highest BCUT2D eigenvalue weighted by Crippen LogP contribution is 2.27. The number of likely N-dealkylation sites (tertiary alicyclic amines) is 1. The van der Waals surface area contributed by atoms with Crippen LogP contribution >= 0.6 is 0 Å². The Kier molecular flexibility index (Phi) is 10.4. The number of carbonyl (C=O) groups is 1. The molecule has 2 unspecified atom stereocenters. The summed E-state index contributed by atoms with van der Waals surface area (Å²) in [5.74, 6) is 0.453. The molecule has 1 aromatic carbocycles. The topological polar surface area (TPSA) is 49.6 Å². The van der Waals surface area contributed by atoms with Crippen LogP contribution in [-0.2, 0) is 11.2 Å². The molecule has 1 heterocycles. The van der Waals surface area contributed by atoms with Crippen molar-refractivity contribution in [3.8, 4) is 0 Å². The number of nitrogens with zero attached hydrogens (tertiary/aromatic N) is 2. The molecule has 0 aliphatic carbocycles. The number of hydrogen-bond acceptors (Lipinski definition) is 4. The third kappa shape index (κ3) is 9.46. The minimum Gasteiger partial charge on any atom is -0.365 e. The first-order chi connectivity index (χ1) is 15.1. The van der Waals surface area contributed by atoms with E-state index < -0.39 is 0 Å². The van der Waals surface area contributed by atoms with E-state index in [1.165, 1.54) is 36.1 Å². The molecule has 0 amide bonds. The summed E-state index contributed by atoms with van der Waals surface area (Å²) in [6.07, 6.45) is 8.70. The number of rotatable bonds is 11. The zero-order chi connectivity index (χ0) is 23.7. The van der Waals surface area contributed by atoms with E-state index in [4.69, 9.17) is 5.73 Å². The molecule has 1 aliphatic heterocycles. The lowest BCUT2D eigenvalue weighted by Crippen LogP contribution is -2.46. The van der Waals surface area contributed by atoms with Crippen LogP contribution in [0.2, 0.25) is 0 Å². The number of carbonyl (C=O) groups excluding carboxylic acids is 1. The lowest BCUT2D eigenvalue weighted by molar-refractivity contribution is -0.109. The second-order valence-electron chi connectivity index (χ2n) is 11.3. The van der Waals surface area contributed by atoms with Gasteiger partial charge in [-0.3, -0.25) is 0 Å². The van der Waals surface area contributed by atoms with Crippen molar-refractivity contribution in [2.75, 3.05) is 31.1 Å². The predicted octanol–water partition coefficient (Wildman–Crippen LogP) is 5.45. The van der Waals surface area contributed by atoms with Crippen molar-refractivity contribution in [2.45, 2.75) is 85.7 Å². The maximum absolute atomic E-state index is 10.8. The summed E-state index contributed by atoms with van der Waals surface area (Å²) in [5.41, 5.74) is 10.3. The van der Waals surface area contributed by atoms with Gasteiger partial charge in [-0.25, -0.2) is 0 Å². The number of piperidine rings is 1. The van der Waals surface area contributed by atoms with E-state index in [0.29, 0.717) is 17.4 Å². The zero-order valence-corrected chi connectivity index (χ0v) is 21.4. The van der Waals surface area contributed by atoms with Crippen LogP contribution < -0.4 is 10.6 Å². The van der Waals surface area contributed by atoms with Crippen molar-refractivity contribution in [1.29, 1.82) is 0 Å². The van der Waals surface area contributed by atoms with Crippen molar-refractivity contribution >= 4 is 12.0 Å². The highest BCUT2D eigenvalue weighted by molar-refractivity contribution is 5.56. The second-order valence-corrected chi connectivity index (χ2v) is 11.3. The van der Waals surface area contributed by atoms with Crippen molar-refractivity contribution in [1.82, 2.24) is 4.90 Å². The van der Waals surface area contributed by atoms with Crippen molar-refractivity contribution in [2.24, 2.45) is 17.1 Å². The Hall–Kier alpha value is -1.65. The highest BCUT2D eigenvalue weighted by atomic mass is 16.1. The van der Waals surface area contributed by atoms with Crippen LogP contribution in [0.25, 0.3) is 0 Å². The smallest absolute Gasteiger partial charge is 0.136 e. The highest BCUT2D eigenvalue weighted by Gasteiger charge is 2.25. The first-order valence-electron chi connectivity index (χ1n) is 12.5. The molecule has 0 bridgehead atoms. The number of allylic oxidation sites excluding steroid dienone is 1. The third-order valence-corrected chi connectivity index (χ3v) is 6.54. The fourth-order valence-corrected chi connectivity index (χ4v) is 4.57. The SMILES string of the molecule is CC(C)=CCN(c1ccc(CCC(C)(C)C)cc1)C1CCN(CC(C)CC(N)C=O)CC1. The van der Waals surface area contributed by atoms with Crippen LogP contribution in [0, 0.1) is 11.3 Å². The Labute approximate surface area is 197 Å². The molecule has 4 heteroatoms. The van der Waals surface area contributed by atoms with Gasteiger partial charge in [-0.1, -0.05) is 51.5 Å². The first kappa shape index (κ1) is 26.6. The van der Waals surface area contributed by atoms with Gasteiger partial charge in [-0.05, 0) is 75.0 Å². The Bertz CT molecular complexity index is 707. The van der Waals surface area contributed by atoms with E-state index in [9.17, 15) is 4.79 Å². The standard InChI is InChI=1S/C28H47N3O/c1-22(2)12-18-31(26-9-7-24(8-10-26)11-15-28(4,5)6)27-13-16-30(17-14-27)20-23(3)19-25(29)21-32/h7-10,12,21,23,25,27H,11,13-20,29H2,1-6H3. The number of aldehydes is 1. The van der Waals surface area contributed by atoms with Gasteiger partial charge >= 0.3 is 0 Å². The zero-order valence-electron chi connectivity index (χ0n) is 21.4. The maximum atomic E-state index is 10.8. The number of anilines is 1. The molecule has 0 radical (unpaired) electrons. The summed E-state index contributed by atoms with van der Waals surface area (Å²) < 4.78 is 0. The van der Waals surface area contributed by atoms with Crippen molar-refractivity contribution < 1.29 is 4.79 Å². The predicted molar refractivity (Wildman–Crippen MR) is 138 cm³/mol. The lowest BCUT2D eigenvalue weighted by atomic mass is 9.88. The summed E-state index contributed by atoms with van der Waals surface area (Å²) >= 11 is 0. The van der Waals surface area contributed by atoms with Gasteiger partial charge in [0.05, 0.1) is 6.04 Å². The van der Waals surface area contributed by atoms with Crippen LogP contribution in [0.15, 0.2) is 35.9 Å². The molecule has 0 spiro atoms. The molecule has 1 saturated heterocycles. The third-order valence-electron chi connectivity index (χ3n) is 6.54. The van der Waals surface area contributed by atoms with Crippen molar-refractivity contribution in [3.05, 3.63) is 41.5 Å². The fourth-order valence-electron chi connectivity index (χ4n) is 4.57. The van der Waals surface area contributed by atoms with Gasteiger partial charge in [0.25, 0.3) is 0 Å². The first-order valence-corrected chi connectivity index (χ1v) is 12.5. The van der Waals surface area contributed by atoms with E-state index >= 15 is 0 Å². The molecule has 1 aliphatic rings. The molecule has 1 aromatic rings. The number of aryl methyl sites for hydroxylation is 1. The summed E-state index contributed by atoms with van der Waals surface area (Å²) in [5, 5.41) is 0. The van der Waals surface area contributed by atoms with E-state index in [1.807, 2.05) is 0 Å². The second kappa shape index (κ2) is 12.6. The molecule has 1 fully saturated rings. The molecular weight excluding hydrogens is 394 g/mol. The average molecular weight is 442 g/mol. The summed E-state index contributed by atoms with van der Waals surface area (Å²) in [6, 6.07) is 9.54. The molecule has 2 atom stereocenters.